The summed E-state index contributed by atoms with van der Waals surface area (Å²) >= 11 is 0. The van der Waals surface area contributed by atoms with E-state index in [-0.39, 0.29) is 42.1 Å². The third-order valence-corrected chi connectivity index (χ3v) is 7.91. The van der Waals surface area contributed by atoms with Gasteiger partial charge >= 0.3 is 0 Å². The van der Waals surface area contributed by atoms with E-state index in [9.17, 15) is 26.4 Å². The number of benzene rings is 1. The van der Waals surface area contributed by atoms with Crippen LogP contribution in [0.5, 0.6) is 0 Å². The number of rotatable bonds is 7. The van der Waals surface area contributed by atoms with Crippen molar-refractivity contribution in [1.82, 2.24) is 18.8 Å². The van der Waals surface area contributed by atoms with Gasteiger partial charge in [-0.15, -0.1) is 0 Å². The van der Waals surface area contributed by atoms with Gasteiger partial charge in [-0.2, -0.15) is 4.31 Å². The van der Waals surface area contributed by atoms with Crippen LogP contribution in [0.1, 0.15) is 42.5 Å². The minimum Gasteiger partial charge on any atom is -0.372 e. The molecule has 1 aliphatic heterocycles. The van der Waals surface area contributed by atoms with Gasteiger partial charge in [-0.3, -0.25) is 9.36 Å². The van der Waals surface area contributed by atoms with E-state index >= 15 is 0 Å². The molecular weight excluding hydrogens is 499 g/mol. The highest BCUT2D eigenvalue weighted by atomic mass is 32.2. The topological polar surface area (TPSA) is 106 Å². The zero-order chi connectivity index (χ0) is 26.4. The maximum Gasteiger partial charge on any atom is 0.266 e. The Morgan fingerprint density at radius 1 is 1.22 bits per heavy atom. The van der Waals surface area contributed by atoms with Crippen molar-refractivity contribution in [2.75, 3.05) is 31.8 Å². The van der Waals surface area contributed by atoms with Crippen molar-refractivity contribution in [2.24, 2.45) is 7.05 Å². The van der Waals surface area contributed by atoms with Gasteiger partial charge < -0.3 is 10.1 Å². The molecule has 2 atom stereocenters. The second-order valence-electron chi connectivity index (χ2n) is 8.84. The molecule has 1 fully saturated rings. The second-order valence-corrected chi connectivity index (χ2v) is 10.8. The number of halogens is 3. The Labute approximate surface area is 206 Å². The number of fused-ring (bicyclic) bond motifs is 1. The molecule has 1 aliphatic rings. The van der Waals surface area contributed by atoms with Crippen LogP contribution >= 0.6 is 0 Å². The first kappa shape index (κ1) is 26.0. The molecule has 9 nitrogen and oxygen atoms in total. The quantitative estimate of drug-likeness (QED) is 0.505. The van der Waals surface area contributed by atoms with Gasteiger partial charge in [0.1, 0.15) is 29.2 Å². The van der Waals surface area contributed by atoms with Gasteiger partial charge in [0.25, 0.3) is 12.0 Å². The van der Waals surface area contributed by atoms with E-state index in [1.54, 1.807) is 13.0 Å². The van der Waals surface area contributed by atoms with E-state index in [0.29, 0.717) is 5.39 Å². The largest absolute Gasteiger partial charge is 0.372 e. The molecule has 0 spiro atoms. The number of hydrogen-bond donors (Lipinski definition) is 1. The molecule has 0 amide bonds. The van der Waals surface area contributed by atoms with E-state index in [2.05, 4.69) is 15.3 Å². The molecule has 13 heteroatoms. The van der Waals surface area contributed by atoms with Gasteiger partial charge in [0, 0.05) is 32.8 Å². The number of nitrogens with zero attached hydrogens (tertiary/aromatic N) is 4. The molecule has 194 valence electrons. The first-order chi connectivity index (χ1) is 16.9. The molecule has 3 aromatic rings. The van der Waals surface area contributed by atoms with Crippen LogP contribution in [0.15, 0.2) is 35.4 Å². The summed E-state index contributed by atoms with van der Waals surface area (Å²) in [5, 5.41) is 3.44. The molecule has 1 N–H and O–H groups in total. The number of methoxy groups -OCH3 is 1. The number of sulfonamides is 1. The Hall–Kier alpha value is -3.03. The Morgan fingerprint density at radius 2 is 1.92 bits per heavy atom. The van der Waals surface area contributed by atoms with Crippen LogP contribution in [0.3, 0.4) is 0 Å². The zero-order valence-corrected chi connectivity index (χ0v) is 20.9. The monoisotopic (exact) mass is 525 g/mol. The molecule has 1 aromatic carbocycles. The summed E-state index contributed by atoms with van der Waals surface area (Å²) in [6.07, 6.45) is -0.376. The van der Waals surface area contributed by atoms with E-state index in [0.717, 1.165) is 12.3 Å². The van der Waals surface area contributed by atoms with E-state index in [1.165, 1.54) is 41.5 Å². The van der Waals surface area contributed by atoms with Crippen LogP contribution in [0, 0.1) is 5.82 Å². The van der Waals surface area contributed by atoms with Gasteiger partial charge in [-0.25, -0.2) is 31.6 Å². The number of hydrogen-bond acceptors (Lipinski definition) is 7. The molecule has 0 unspecified atom stereocenters. The van der Waals surface area contributed by atoms with Gasteiger partial charge in [-0.05, 0) is 19.4 Å². The standard InChI is InChI=1S/C23H26F3N5O4S/c1-13(14-6-5-7-15(18(14)24)19(25)26)29-20-16-10-17(22(32)30(2)21(16)28-12-27-20)23(35-3)8-9-31(11-23)36(4,33)34/h5-7,10,12-13,19H,8-9,11H2,1-4H3,(H,27,28,29)/t13-,23-/m1/s1. The highest BCUT2D eigenvalue weighted by molar-refractivity contribution is 7.88. The van der Waals surface area contributed by atoms with Crippen molar-refractivity contribution in [3.05, 3.63) is 63.5 Å². The average molecular weight is 526 g/mol. The van der Waals surface area contributed by atoms with E-state index in [4.69, 9.17) is 4.74 Å². The zero-order valence-electron chi connectivity index (χ0n) is 20.1. The lowest BCUT2D eigenvalue weighted by atomic mass is 9.93. The normalized spacial score (nSPS) is 19.8. The molecule has 4 rings (SSSR count). The summed E-state index contributed by atoms with van der Waals surface area (Å²) < 4.78 is 73.6. The van der Waals surface area contributed by atoms with Gasteiger partial charge in [-0.1, -0.05) is 18.2 Å². The number of anilines is 1. The number of aryl methyl sites for hydroxylation is 1. The van der Waals surface area contributed by atoms with Gasteiger partial charge in [0.05, 0.1) is 28.8 Å². The summed E-state index contributed by atoms with van der Waals surface area (Å²) in [6.45, 7) is 1.74. The third kappa shape index (κ3) is 4.46. The summed E-state index contributed by atoms with van der Waals surface area (Å²) in [4.78, 5) is 21.7. The SMILES string of the molecule is CO[C@]1(c2cc3c(N[C@H](C)c4cccc(C(F)F)c4F)ncnc3n(C)c2=O)CCN(S(C)(=O)=O)C1. The molecule has 0 saturated carbocycles. The molecule has 0 radical (unpaired) electrons. The van der Waals surface area contributed by atoms with E-state index < -0.39 is 45.0 Å². The number of pyridine rings is 1. The van der Waals surface area contributed by atoms with Crippen LogP contribution in [-0.4, -0.2) is 53.7 Å². The number of alkyl halides is 2. The van der Waals surface area contributed by atoms with Crippen LogP contribution in [0.2, 0.25) is 0 Å². The first-order valence-corrected chi connectivity index (χ1v) is 12.9. The fourth-order valence-corrected chi connectivity index (χ4v) is 5.46. The fourth-order valence-electron chi connectivity index (χ4n) is 4.59. The lowest BCUT2D eigenvalue weighted by Crippen LogP contribution is -2.40. The Kier molecular flexibility index (Phi) is 6.84. The maximum atomic E-state index is 14.7. The molecular formula is C23H26F3N5O4S. The molecule has 36 heavy (non-hydrogen) atoms. The summed E-state index contributed by atoms with van der Waals surface area (Å²) in [5.41, 5.74) is -1.77. The fraction of sp³-hybridized carbons (Fsp3) is 0.435. The molecule has 2 aromatic heterocycles. The van der Waals surface area contributed by atoms with Crippen LogP contribution < -0.4 is 10.9 Å². The number of nitrogens with one attached hydrogen (secondary N) is 1. The second kappa shape index (κ2) is 9.45. The highest BCUT2D eigenvalue weighted by Crippen LogP contribution is 2.37. The van der Waals surface area contributed by atoms with Crippen molar-refractivity contribution >= 4 is 26.9 Å². The predicted octanol–water partition coefficient (Wildman–Crippen LogP) is 3.09. The van der Waals surface area contributed by atoms with Crippen LogP contribution in [0.25, 0.3) is 11.0 Å². The summed E-state index contributed by atoms with van der Waals surface area (Å²) in [7, 11) is -0.573. The third-order valence-electron chi connectivity index (χ3n) is 6.67. The average Bonchev–Trinajstić information content (AvgIpc) is 3.28. The Morgan fingerprint density at radius 3 is 2.53 bits per heavy atom. The smallest absolute Gasteiger partial charge is 0.266 e. The maximum absolute atomic E-state index is 14.7. The van der Waals surface area contributed by atoms with Crippen molar-refractivity contribution in [2.45, 2.75) is 31.4 Å². The Bertz CT molecular complexity index is 1480. The van der Waals surface area contributed by atoms with Crippen molar-refractivity contribution in [3.8, 4) is 0 Å². The first-order valence-electron chi connectivity index (χ1n) is 11.1. The van der Waals surface area contributed by atoms with Gasteiger partial charge in [0.15, 0.2) is 0 Å². The van der Waals surface area contributed by atoms with Crippen LogP contribution in [0.4, 0.5) is 19.0 Å². The Balaban J connectivity index is 1.81. The molecule has 0 aliphatic carbocycles. The highest BCUT2D eigenvalue weighted by Gasteiger charge is 2.45. The lowest BCUT2D eigenvalue weighted by Gasteiger charge is -2.28. The number of aromatic nitrogens is 3. The van der Waals surface area contributed by atoms with E-state index in [1.807, 2.05) is 0 Å². The summed E-state index contributed by atoms with van der Waals surface area (Å²) in [5.74, 6) is -0.764. The molecule has 0 bridgehead atoms. The van der Waals surface area contributed by atoms with Gasteiger partial charge in [0.2, 0.25) is 10.0 Å². The van der Waals surface area contributed by atoms with Crippen molar-refractivity contribution in [3.63, 3.8) is 0 Å². The van der Waals surface area contributed by atoms with Crippen LogP contribution in [-0.2, 0) is 27.4 Å². The van der Waals surface area contributed by atoms with Crippen molar-refractivity contribution in [1.29, 1.82) is 0 Å². The van der Waals surface area contributed by atoms with Crippen molar-refractivity contribution < 1.29 is 26.3 Å². The number of ether oxygens (including phenoxy) is 1. The molecule has 3 heterocycles. The summed E-state index contributed by atoms with van der Waals surface area (Å²) in [6, 6.07) is 4.58. The molecule has 1 saturated heterocycles. The lowest BCUT2D eigenvalue weighted by molar-refractivity contribution is -0.00229. The minimum atomic E-state index is -3.51. The minimum absolute atomic E-state index is 0.0255. The predicted molar refractivity (Wildman–Crippen MR) is 128 cm³/mol.